The van der Waals surface area contributed by atoms with Crippen LogP contribution in [0, 0.1) is 13.8 Å². The molecule has 4 heteroatoms. The standard InChI is InChI=1S/C12H16N2OS/c1-8-4-5-10(9(2)6-8)13-12-14(3)11(15)7-16-12/h4-6,11,15H,7H2,1-3H3. The molecule has 1 aliphatic rings. The number of nitrogens with zero attached hydrogens (tertiary/aromatic N) is 2. The van der Waals surface area contributed by atoms with Crippen LogP contribution in [0.25, 0.3) is 0 Å². The molecule has 0 aliphatic carbocycles. The second-order valence-corrected chi connectivity index (χ2v) is 5.07. The molecule has 1 saturated heterocycles. The van der Waals surface area contributed by atoms with E-state index in [1.807, 2.05) is 18.0 Å². The van der Waals surface area contributed by atoms with Crippen molar-refractivity contribution in [3.05, 3.63) is 29.3 Å². The Balaban J connectivity index is 2.29. The van der Waals surface area contributed by atoms with E-state index in [0.717, 1.165) is 10.9 Å². The summed E-state index contributed by atoms with van der Waals surface area (Å²) in [7, 11) is 1.87. The normalized spacial score (nSPS) is 23.1. The van der Waals surface area contributed by atoms with Crippen LogP contribution in [0.5, 0.6) is 0 Å². The van der Waals surface area contributed by atoms with Gasteiger partial charge in [-0.1, -0.05) is 29.5 Å². The Hall–Kier alpha value is -1.00. The molecule has 1 atom stereocenters. The monoisotopic (exact) mass is 236 g/mol. The number of aryl methyl sites for hydroxylation is 2. The van der Waals surface area contributed by atoms with Gasteiger partial charge in [-0.2, -0.15) is 0 Å². The van der Waals surface area contributed by atoms with Crippen molar-refractivity contribution in [1.29, 1.82) is 0 Å². The maximum atomic E-state index is 9.58. The molecule has 86 valence electrons. The Morgan fingerprint density at radius 2 is 2.19 bits per heavy atom. The lowest BCUT2D eigenvalue weighted by atomic mass is 10.1. The average molecular weight is 236 g/mol. The number of rotatable bonds is 1. The molecule has 1 unspecified atom stereocenters. The summed E-state index contributed by atoms with van der Waals surface area (Å²) < 4.78 is 0. The zero-order valence-electron chi connectivity index (χ0n) is 9.77. The second kappa shape index (κ2) is 4.47. The van der Waals surface area contributed by atoms with E-state index < -0.39 is 6.23 Å². The number of aliphatic imine (C=N–C) groups is 1. The quantitative estimate of drug-likeness (QED) is 0.812. The third-order valence-electron chi connectivity index (χ3n) is 2.68. The molecule has 0 spiro atoms. The van der Waals surface area contributed by atoms with Gasteiger partial charge in [0.2, 0.25) is 0 Å². The number of hydrogen-bond acceptors (Lipinski definition) is 3. The van der Waals surface area contributed by atoms with Gasteiger partial charge in [-0.3, -0.25) is 0 Å². The maximum absolute atomic E-state index is 9.58. The van der Waals surface area contributed by atoms with Crippen LogP contribution >= 0.6 is 11.8 Å². The number of aliphatic hydroxyl groups is 1. The number of aliphatic hydroxyl groups excluding tert-OH is 1. The van der Waals surface area contributed by atoms with Gasteiger partial charge in [0.1, 0.15) is 6.23 Å². The van der Waals surface area contributed by atoms with Crippen LogP contribution < -0.4 is 0 Å². The zero-order chi connectivity index (χ0) is 11.7. The summed E-state index contributed by atoms with van der Waals surface area (Å²) in [5.41, 5.74) is 3.39. The molecule has 0 amide bonds. The van der Waals surface area contributed by atoms with Gasteiger partial charge < -0.3 is 10.0 Å². The highest BCUT2D eigenvalue weighted by Crippen LogP contribution is 2.26. The van der Waals surface area contributed by atoms with Gasteiger partial charge >= 0.3 is 0 Å². The lowest BCUT2D eigenvalue weighted by molar-refractivity contribution is 0.0998. The van der Waals surface area contributed by atoms with Gasteiger partial charge in [0, 0.05) is 12.8 Å². The fourth-order valence-corrected chi connectivity index (χ4v) is 2.65. The summed E-state index contributed by atoms with van der Waals surface area (Å²) in [6.07, 6.45) is -0.408. The lowest BCUT2D eigenvalue weighted by Gasteiger charge is -2.15. The predicted molar refractivity (Wildman–Crippen MR) is 69.2 cm³/mol. The first-order valence-corrected chi connectivity index (χ1v) is 6.26. The number of benzene rings is 1. The average Bonchev–Trinajstić information content (AvgIpc) is 2.54. The molecule has 0 saturated carbocycles. The predicted octanol–water partition coefficient (Wildman–Crippen LogP) is 2.29. The highest BCUT2D eigenvalue weighted by Gasteiger charge is 2.24. The molecule has 0 bridgehead atoms. The molecule has 16 heavy (non-hydrogen) atoms. The third kappa shape index (κ3) is 2.23. The van der Waals surface area contributed by atoms with Crippen LogP contribution in [0.3, 0.4) is 0 Å². The van der Waals surface area contributed by atoms with E-state index in [1.54, 1.807) is 11.8 Å². The van der Waals surface area contributed by atoms with E-state index in [9.17, 15) is 5.11 Å². The fraction of sp³-hybridized carbons (Fsp3) is 0.417. The van der Waals surface area contributed by atoms with Crippen molar-refractivity contribution in [3.8, 4) is 0 Å². The van der Waals surface area contributed by atoms with Crippen molar-refractivity contribution in [3.63, 3.8) is 0 Å². The Morgan fingerprint density at radius 1 is 1.44 bits per heavy atom. The van der Waals surface area contributed by atoms with E-state index in [4.69, 9.17) is 0 Å². The zero-order valence-corrected chi connectivity index (χ0v) is 10.6. The van der Waals surface area contributed by atoms with E-state index in [2.05, 4.69) is 31.0 Å². The molecule has 1 fully saturated rings. The van der Waals surface area contributed by atoms with E-state index >= 15 is 0 Å². The first-order valence-electron chi connectivity index (χ1n) is 5.27. The van der Waals surface area contributed by atoms with Crippen molar-refractivity contribution >= 4 is 22.6 Å². The number of thioether (sulfide) groups is 1. The summed E-state index contributed by atoms with van der Waals surface area (Å²) in [4.78, 5) is 6.39. The second-order valence-electron chi connectivity index (χ2n) is 4.09. The molecule has 0 radical (unpaired) electrons. The summed E-state index contributed by atoms with van der Waals surface area (Å²) in [6, 6.07) is 6.20. The highest BCUT2D eigenvalue weighted by molar-refractivity contribution is 8.14. The van der Waals surface area contributed by atoms with Crippen molar-refractivity contribution in [1.82, 2.24) is 4.90 Å². The fourth-order valence-electron chi connectivity index (χ4n) is 1.64. The molecular weight excluding hydrogens is 220 g/mol. The van der Waals surface area contributed by atoms with E-state index in [1.165, 1.54) is 11.1 Å². The number of amidine groups is 1. The van der Waals surface area contributed by atoms with Gasteiger partial charge in [-0.25, -0.2) is 4.99 Å². The minimum absolute atomic E-state index is 0.408. The van der Waals surface area contributed by atoms with E-state index in [0.29, 0.717) is 5.75 Å². The molecule has 2 rings (SSSR count). The molecule has 1 aromatic carbocycles. The molecule has 1 N–H and O–H groups in total. The lowest BCUT2D eigenvalue weighted by Crippen LogP contribution is -2.29. The number of hydrogen-bond donors (Lipinski definition) is 1. The topological polar surface area (TPSA) is 35.8 Å². The molecular formula is C12H16N2OS. The van der Waals surface area contributed by atoms with Crippen LogP contribution in [0.15, 0.2) is 23.2 Å². The summed E-state index contributed by atoms with van der Waals surface area (Å²) in [5, 5.41) is 10.5. The Kier molecular flexibility index (Phi) is 3.21. The molecule has 1 aliphatic heterocycles. The van der Waals surface area contributed by atoms with Gasteiger partial charge in [0.05, 0.1) is 5.69 Å². The van der Waals surface area contributed by atoms with Gasteiger partial charge in [0.25, 0.3) is 0 Å². The first-order chi connectivity index (χ1) is 7.58. The molecule has 1 heterocycles. The largest absolute Gasteiger partial charge is 0.373 e. The third-order valence-corrected chi connectivity index (χ3v) is 3.78. The Morgan fingerprint density at radius 3 is 2.75 bits per heavy atom. The molecule has 1 aromatic rings. The van der Waals surface area contributed by atoms with Crippen LogP contribution in [0.2, 0.25) is 0 Å². The summed E-state index contributed by atoms with van der Waals surface area (Å²) in [6.45, 7) is 4.13. The van der Waals surface area contributed by atoms with Crippen molar-refractivity contribution < 1.29 is 5.11 Å². The smallest absolute Gasteiger partial charge is 0.166 e. The minimum atomic E-state index is -0.408. The van der Waals surface area contributed by atoms with Crippen LogP contribution in [0.4, 0.5) is 5.69 Å². The Bertz CT molecular complexity index is 431. The minimum Gasteiger partial charge on any atom is -0.373 e. The van der Waals surface area contributed by atoms with Crippen LogP contribution in [-0.4, -0.2) is 34.2 Å². The molecule has 3 nitrogen and oxygen atoms in total. The van der Waals surface area contributed by atoms with Crippen molar-refractivity contribution in [2.45, 2.75) is 20.1 Å². The summed E-state index contributed by atoms with van der Waals surface area (Å²) in [5.74, 6) is 0.695. The van der Waals surface area contributed by atoms with Crippen LogP contribution in [-0.2, 0) is 0 Å². The van der Waals surface area contributed by atoms with Gasteiger partial charge in [0.15, 0.2) is 5.17 Å². The van der Waals surface area contributed by atoms with Crippen LogP contribution in [0.1, 0.15) is 11.1 Å². The first kappa shape index (κ1) is 11.5. The van der Waals surface area contributed by atoms with Crippen molar-refractivity contribution in [2.24, 2.45) is 4.99 Å². The molecule has 0 aromatic heterocycles. The van der Waals surface area contributed by atoms with Gasteiger partial charge in [-0.05, 0) is 25.5 Å². The highest BCUT2D eigenvalue weighted by atomic mass is 32.2. The van der Waals surface area contributed by atoms with E-state index in [-0.39, 0.29) is 0 Å². The Labute approximate surface area is 100 Å². The maximum Gasteiger partial charge on any atom is 0.166 e. The SMILES string of the molecule is Cc1ccc(N=C2SCC(O)N2C)c(C)c1. The summed E-state index contributed by atoms with van der Waals surface area (Å²) >= 11 is 1.59. The van der Waals surface area contributed by atoms with Crippen molar-refractivity contribution in [2.75, 3.05) is 12.8 Å². The van der Waals surface area contributed by atoms with Gasteiger partial charge in [-0.15, -0.1) is 0 Å².